The molecule has 1 saturated heterocycles. The molecule has 1 unspecified atom stereocenters. The predicted molar refractivity (Wildman–Crippen MR) is 101 cm³/mol. The van der Waals surface area contributed by atoms with E-state index in [0.717, 1.165) is 25.7 Å². The van der Waals surface area contributed by atoms with E-state index in [1.807, 2.05) is 0 Å². The minimum Gasteiger partial charge on any atom is -0.495 e. The number of methoxy groups -OCH3 is 1. The summed E-state index contributed by atoms with van der Waals surface area (Å²) in [4.78, 5) is 11.9. The zero-order chi connectivity index (χ0) is 19.2. The molecule has 1 N–H and O–H groups in total. The monoisotopic (exact) mass is 404 g/mol. The number of nitrogens with one attached hydrogen (secondary N) is 1. The fourth-order valence-corrected chi connectivity index (χ4v) is 4.01. The van der Waals surface area contributed by atoms with E-state index in [2.05, 4.69) is 5.32 Å². The van der Waals surface area contributed by atoms with Crippen LogP contribution >= 0.6 is 11.6 Å². The highest BCUT2D eigenvalue weighted by atomic mass is 35.5. The number of amides is 1. The molecule has 0 saturated carbocycles. The van der Waals surface area contributed by atoms with Gasteiger partial charge in [0, 0.05) is 26.1 Å². The molecule has 1 heterocycles. The molecule has 0 radical (unpaired) electrons. The second kappa shape index (κ2) is 9.43. The SMILES string of the molecule is COc1ccc(N(CCCC(=O)NCC2CCCO2)S(C)(=O)=O)cc1Cl. The first-order valence-electron chi connectivity index (χ1n) is 8.51. The Hall–Kier alpha value is -1.51. The van der Waals surface area contributed by atoms with Gasteiger partial charge in [-0.2, -0.15) is 0 Å². The Morgan fingerprint density at radius 1 is 1.46 bits per heavy atom. The summed E-state index contributed by atoms with van der Waals surface area (Å²) >= 11 is 6.09. The minimum atomic E-state index is -3.50. The predicted octanol–water partition coefficient (Wildman–Crippen LogP) is 2.19. The third-order valence-electron chi connectivity index (χ3n) is 4.14. The number of anilines is 1. The van der Waals surface area contributed by atoms with E-state index in [1.54, 1.807) is 18.2 Å². The number of nitrogens with zero attached hydrogens (tertiary/aromatic N) is 1. The van der Waals surface area contributed by atoms with E-state index >= 15 is 0 Å². The van der Waals surface area contributed by atoms with Crippen LogP contribution in [-0.4, -0.2) is 53.5 Å². The fraction of sp³-hybridized carbons (Fsp3) is 0.588. The smallest absolute Gasteiger partial charge is 0.232 e. The van der Waals surface area contributed by atoms with Crippen molar-refractivity contribution in [3.8, 4) is 5.75 Å². The maximum absolute atomic E-state index is 12.1. The minimum absolute atomic E-state index is 0.0907. The summed E-state index contributed by atoms with van der Waals surface area (Å²) in [6.07, 6.45) is 3.83. The number of hydrogen-bond acceptors (Lipinski definition) is 5. The third kappa shape index (κ3) is 6.03. The van der Waals surface area contributed by atoms with Gasteiger partial charge in [-0.1, -0.05) is 11.6 Å². The van der Waals surface area contributed by atoms with Gasteiger partial charge >= 0.3 is 0 Å². The summed E-state index contributed by atoms with van der Waals surface area (Å²) in [5.41, 5.74) is 0.443. The number of ether oxygens (including phenoxy) is 2. The second-order valence-corrected chi connectivity index (χ2v) is 8.51. The molecule has 0 spiro atoms. The number of carbonyl (C=O) groups excluding carboxylic acids is 1. The lowest BCUT2D eigenvalue weighted by Crippen LogP contribution is -2.34. The molecule has 1 aromatic rings. The molecule has 0 bridgehead atoms. The molecule has 1 aliphatic rings. The van der Waals surface area contributed by atoms with Gasteiger partial charge in [-0.3, -0.25) is 9.10 Å². The Bertz CT molecular complexity index is 720. The van der Waals surface area contributed by atoms with Gasteiger partial charge < -0.3 is 14.8 Å². The first-order chi connectivity index (χ1) is 12.3. The van der Waals surface area contributed by atoms with Gasteiger partial charge in [0.1, 0.15) is 5.75 Å². The zero-order valence-corrected chi connectivity index (χ0v) is 16.6. The number of halogens is 1. The number of benzene rings is 1. The van der Waals surface area contributed by atoms with Crippen LogP contribution in [0, 0.1) is 0 Å². The van der Waals surface area contributed by atoms with E-state index in [-0.39, 0.29) is 25.0 Å². The van der Waals surface area contributed by atoms with E-state index in [1.165, 1.54) is 11.4 Å². The number of sulfonamides is 1. The quantitative estimate of drug-likeness (QED) is 0.681. The summed E-state index contributed by atoms with van der Waals surface area (Å²) < 4.78 is 36.0. The Labute approximate surface area is 159 Å². The molecular formula is C17H25ClN2O5S. The molecule has 146 valence electrons. The van der Waals surface area contributed by atoms with E-state index in [9.17, 15) is 13.2 Å². The normalized spacial score (nSPS) is 17.1. The lowest BCUT2D eigenvalue weighted by Gasteiger charge is -2.23. The lowest BCUT2D eigenvalue weighted by atomic mass is 10.2. The number of carbonyl (C=O) groups is 1. The highest BCUT2D eigenvalue weighted by Crippen LogP contribution is 2.30. The molecule has 1 aromatic carbocycles. The van der Waals surface area contributed by atoms with Crippen LogP contribution in [0.5, 0.6) is 5.75 Å². The Morgan fingerprint density at radius 2 is 2.23 bits per heavy atom. The van der Waals surface area contributed by atoms with Gasteiger partial charge in [-0.05, 0) is 37.5 Å². The molecule has 1 atom stereocenters. The molecule has 0 aromatic heterocycles. The topological polar surface area (TPSA) is 84.9 Å². The van der Waals surface area contributed by atoms with Crippen LogP contribution in [-0.2, 0) is 19.6 Å². The fourth-order valence-electron chi connectivity index (χ4n) is 2.80. The van der Waals surface area contributed by atoms with Gasteiger partial charge in [0.2, 0.25) is 15.9 Å². The Balaban J connectivity index is 1.90. The van der Waals surface area contributed by atoms with Gasteiger partial charge in [0.15, 0.2) is 0 Å². The van der Waals surface area contributed by atoms with Crippen molar-refractivity contribution in [3.05, 3.63) is 23.2 Å². The van der Waals surface area contributed by atoms with Crippen LogP contribution in [0.15, 0.2) is 18.2 Å². The molecule has 1 amide bonds. The highest BCUT2D eigenvalue weighted by molar-refractivity contribution is 7.92. The Morgan fingerprint density at radius 3 is 2.81 bits per heavy atom. The van der Waals surface area contributed by atoms with Crippen molar-refractivity contribution < 1.29 is 22.7 Å². The zero-order valence-electron chi connectivity index (χ0n) is 15.0. The summed E-state index contributed by atoms with van der Waals surface area (Å²) in [6, 6.07) is 4.78. The molecule has 0 aliphatic carbocycles. The second-order valence-electron chi connectivity index (χ2n) is 6.20. The van der Waals surface area contributed by atoms with Crippen molar-refractivity contribution in [3.63, 3.8) is 0 Å². The molecule has 1 fully saturated rings. The van der Waals surface area contributed by atoms with Crippen LogP contribution in [0.4, 0.5) is 5.69 Å². The van der Waals surface area contributed by atoms with Crippen molar-refractivity contribution in [1.82, 2.24) is 5.32 Å². The molecule has 9 heteroatoms. The van der Waals surface area contributed by atoms with Gasteiger partial charge in [-0.25, -0.2) is 8.42 Å². The van der Waals surface area contributed by atoms with E-state index in [0.29, 0.717) is 29.4 Å². The van der Waals surface area contributed by atoms with Gasteiger partial charge in [-0.15, -0.1) is 0 Å². The van der Waals surface area contributed by atoms with Crippen molar-refractivity contribution in [1.29, 1.82) is 0 Å². The van der Waals surface area contributed by atoms with Crippen molar-refractivity contribution in [2.24, 2.45) is 0 Å². The number of rotatable bonds is 9. The summed E-state index contributed by atoms with van der Waals surface area (Å²) in [5.74, 6) is 0.360. The average Bonchev–Trinajstić information content (AvgIpc) is 3.09. The average molecular weight is 405 g/mol. The Kier molecular flexibility index (Phi) is 7.55. The van der Waals surface area contributed by atoms with Crippen LogP contribution in [0.25, 0.3) is 0 Å². The summed E-state index contributed by atoms with van der Waals surface area (Å²) in [7, 11) is -2.00. The van der Waals surface area contributed by atoms with Crippen LogP contribution < -0.4 is 14.4 Å². The summed E-state index contributed by atoms with van der Waals surface area (Å²) in [5, 5.41) is 3.16. The van der Waals surface area contributed by atoms with E-state index < -0.39 is 10.0 Å². The van der Waals surface area contributed by atoms with Crippen LogP contribution in [0.3, 0.4) is 0 Å². The maximum Gasteiger partial charge on any atom is 0.232 e. The van der Waals surface area contributed by atoms with E-state index in [4.69, 9.17) is 21.1 Å². The third-order valence-corrected chi connectivity index (χ3v) is 5.63. The van der Waals surface area contributed by atoms with Crippen molar-refractivity contribution in [2.75, 3.05) is 37.4 Å². The first-order valence-corrected chi connectivity index (χ1v) is 10.7. The first kappa shape index (κ1) is 20.8. The van der Waals surface area contributed by atoms with Crippen molar-refractivity contribution >= 4 is 33.2 Å². The highest BCUT2D eigenvalue weighted by Gasteiger charge is 2.20. The maximum atomic E-state index is 12.1. The molecule has 7 nitrogen and oxygen atoms in total. The van der Waals surface area contributed by atoms with Crippen molar-refractivity contribution in [2.45, 2.75) is 31.8 Å². The molecular weight excluding hydrogens is 380 g/mol. The van der Waals surface area contributed by atoms with Gasteiger partial charge in [0.25, 0.3) is 0 Å². The molecule has 2 rings (SSSR count). The molecule has 26 heavy (non-hydrogen) atoms. The summed E-state index contributed by atoms with van der Waals surface area (Å²) in [6.45, 7) is 1.44. The molecule has 1 aliphatic heterocycles. The van der Waals surface area contributed by atoms with Gasteiger partial charge in [0.05, 0.1) is 30.2 Å². The number of hydrogen-bond donors (Lipinski definition) is 1. The van der Waals surface area contributed by atoms with Crippen LogP contribution in [0.1, 0.15) is 25.7 Å². The standard InChI is InChI=1S/C17H25ClN2O5S/c1-24-16-8-7-13(11-15(16)18)20(26(2,22)23)9-3-6-17(21)19-12-14-5-4-10-25-14/h7-8,11,14H,3-6,9-10,12H2,1-2H3,(H,19,21). The lowest BCUT2D eigenvalue weighted by molar-refractivity contribution is -0.121. The largest absolute Gasteiger partial charge is 0.495 e. The van der Waals surface area contributed by atoms with Crippen LogP contribution in [0.2, 0.25) is 5.02 Å².